The fourth-order valence-electron chi connectivity index (χ4n) is 2.93. The van der Waals surface area contributed by atoms with Gasteiger partial charge in [-0.1, -0.05) is 0 Å². The van der Waals surface area contributed by atoms with Crippen molar-refractivity contribution in [3.05, 3.63) is 24.3 Å². The van der Waals surface area contributed by atoms with Crippen molar-refractivity contribution < 1.29 is 19.4 Å². The van der Waals surface area contributed by atoms with Crippen LogP contribution in [0.3, 0.4) is 0 Å². The summed E-state index contributed by atoms with van der Waals surface area (Å²) in [5.41, 5.74) is 0. The average molecular weight is 365 g/mol. The van der Waals surface area contributed by atoms with Crippen molar-refractivity contribution in [2.24, 2.45) is 0 Å². The molecule has 1 aromatic rings. The molecule has 1 heterocycles. The maximum Gasteiger partial charge on any atom is 0.234 e. The van der Waals surface area contributed by atoms with Crippen molar-refractivity contribution in [2.75, 3.05) is 59.0 Å². The molecule has 1 aliphatic rings. The van der Waals surface area contributed by atoms with Gasteiger partial charge >= 0.3 is 0 Å². The van der Waals surface area contributed by atoms with E-state index in [0.717, 1.165) is 37.7 Å². The molecule has 0 saturated carbocycles. The molecular formula is C19H31N3O4. The smallest absolute Gasteiger partial charge is 0.234 e. The summed E-state index contributed by atoms with van der Waals surface area (Å²) in [6.45, 7) is 9.82. The Kier molecular flexibility index (Phi) is 8.67. The monoisotopic (exact) mass is 365 g/mol. The number of hydrogen-bond acceptors (Lipinski definition) is 6. The van der Waals surface area contributed by atoms with Gasteiger partial charge in [-0.15, -0.1) is 0 Å². The molecule has 0 aliphatic carbocycles. The van der Waals surface area contributed by atoms with E-state index in [1.807, 2.05) is 38.1 Å². The van der Waals surface area contributed by atoms with Gasteiger partial charge in [0.25, 0.3) is 0 Å². The molecule has 1 aliphatic heterocycles. The molecule has 0 aromatic heterocycles. The Hall–Kier alpha value is -1.83. The number of likely N-dealkylation sites (N-methyl/N-ethyl adjacent to an activating group) is 1. The van der Waals surface area contributed by atoms with Gasteiger partial charge in [0.2, 0.25) is 5.91 Å². The van der Waals surface area contributed by atoms with E-state index in [1.165, 1.54) is 0 Å². The van der Waals surface area contributed by atoms with Crippen LogP contribution in [-0.4, -0.2) is 85.9 Å². The summed E-state index contributed by atoms with van der Waals surface area (Å²) >= 11 is 0. The SMILES string of the molecule is CCNC(=O)CN1CCN(CC(O)COc2ccc(OCC)cc2)CC1. The third kappa shape index (κ3) is 7.19. The Morgan fingerprint density at radius 3 is 2.23 bits per heavy atom. The van der Waals surface area contributed by atoms with Gasteiger partial charge in [0.15, 0.2) is 0 Å². The van der Waals surface area contributed by atoms with Crippen molar-refractivity contribution in [1.82, 2.24) is 15.1 Å². The van der Waals surface area contributed by atoms with Crippen LogP contribution in [0.25, 0.3) is 0 Å². The lowest BCUT2D eigenvalue weighted by Crippen LogP contribution is -2.51. The van der Waals surface area contributed by atoms with Gasteiger partial charge in [-0.2, -0.15) is 0 Å². The number of aliphatic hydroxyl groups is 1. The van der Waals surface area contributed by atoms with E-state index in [1.54, 1.807) is 0 Å². The van der Waals surface area contributed by atoms with E-state index in [-0.39, 0.29) is 12.5 Å². The van der Waals surface area contributed by atoms with Crippen molar-refractivity contribution in [2.45, 2.75) is 20.0 Å². The fraction of sp³-hybridized carbons (Fsp3) is 0.632. The Morgan fingerprint density at radius 2 is 1.65 bits per heavy atom. The molecule has 0 spiro atoms. The highest BCUT2D eigenvalue weighted by molar-refractivity contribution is 5.77. The van der Waals surface area contributed by atoms with Crippen molar-refractivity contribution in [3.8, 4) is 11.5 Å². The largest absolute Gasteiger partial charge is 0.494 e. The standard InChI is InChI=1S/C19H31N3O4/c1-3-20-19(24)14-22-11-9-21(10-12-22)13-16(23)15-26-18-7-5-17(6-8-18)25-4-2/h5-8,16,23H,3-4,9-15H2,1-2H3,(H,20,24). The van der Waals surface area contributed by atoms with E-state index < -0.39 is 6.10 Å². The third-order valence-corrected chi connectivity index (χ3v) is 4.25. The molecule has 1 amide bonds. The summed E-state index contributed by atoms with van der Waals surface area (Å²) < 4.78 is 11.0. The lowest BCUT2D eigenvalue weighted by Gasteiger charge is -2.35. The highest BCUT2D eigenvalue weighted by atomic mass is 16.5. The minimum Gasteiger partial charge on any atom is -0.494 e. The van der Waals surface area contributed by atoms with E-state index in [2.05, 4.69) is 15.1 Å². The number of ether oxygens (including phenoxy) is 2. The molecular weight excluding hydrogens is 334 g/mol. The predicted molar refractivity (Wildman–Crippen MR) is 101 cm³/mol. The summed E-state index contributed by atoms with van der Waals surface area (Å²) in [6.07, 6.45) is -0.545. The van der Waals surface area contributed by atoms with Crippen LogP contribution in [-0.2, 0) is 4.79 Å². The topological polar surface area (TPSA) is 74.3 Å². The third-order valence-electron chi connectivity index (χ3n) is 4.25. The number of aliphatic hydroxyl groups excluding tert-OH is 1. The Labute approximate surface area is 155 Å². The fourth-order valence-corrected chi connectivity index (χ4v) is 2.93. The van der Waals surface area contributed by atoms with Crippen LogP contribution < -0.4 is 14.8 Å². The molecule has 2 N–H and O–H groups in total. The molecule has 2 rings (SSSR count). The van der Waals surface area contributed by atoms with Crippen LogP contribution in [0.5, 0.6) is 11.5 Å². The summed E-state index contributed by atoms with van der Waals surface area (Å²) in [5.74, 6) is 1.61. The first-order chi connectivity index (χ1) is 12.6. The van der Waals surface area contributed by atoms with Gasteiger partial charge in [0, 0.05) is 39.3 Å². The minimum absolute atomic E-state index is 0.0738. The van der Waals surface area contributed by atoms with E-state index in [4.69, 9.17) is 9.47 Å². The van der Waals surface area contributed by atoms with Gasteiger partial charge in [-0.05, 0) is 38.1 Å². The number of rotatable bonds is 10. The zero-order chi connectivity index (χ0) is 18.8. The molecule has 146 valence electrons. The maximum absolute atomic E-state index is 11.6. The average Bonchev–Trinajstić information content (AvgIpc) is 2.63. The van der Waals surface area contributed by atoms with E-state index in [9.17, 15) is 9.90 Å². The number of hydrogen-bond donors (Lipinski definition) is 2. The zero-order valence-corrected chi connectivity index (χ0v) is 15.8. The summed E-state index contributed by atoms with van der Waals surface area (Å²) in [6, 6.07) is 7.41. The Balaban J connectivity index is 1.64. The highest BCUT2D eigenvalue weighted by Crippen LogP contribution is 2.17. The molecule has 1 fully saturated rings. The number of piperazine rings is 1. The zero-order valence-electron chi connectivity index (χ0n) is 15.8. The van der Waals surface area contributed by atoms with Gasteiger partial charge < -0.3 is 19.9 Å². The molecule has 26 heavy (non-hydrogen) atoms. The van der Waals surface area contributed by atoms with Gasteiger partial charge in [-0.25, -0.2) is 0 Å². The van der Waals surface area contributed by atoms with E-state index >= 15 is 0 Å². The summed E-state index contributed by atoms with van der Waals surface area (Å²) in [7, 11) is 0. The number of benzene rings is 1. The second kappa shape index (κ2) is 11.0. The van der Waals surface area contributed by atoms with Crippen LogP contribution in [0.2, 0.25) is 0 Å². The first kappa shape index (κ1) is 20.5. The first-order valence-corrected chi connectivity index (χ1v) is 9.35. The second-order valence-corrected chi connectivity index (χ2v) is 6.40. The van der Waals surface area contributed by atoms with Gasteiger partial charge in [0.1, 0.15) is 24.2 Å². The van der Waals surface area contributed by atoms with Gasteiger partial charge in [0.05, 0.1) is 13.2 Å². The number of amides is 1. The quantitative estimate of drug-likeness (QED) is 0.632. The van der Waals surface area contributed by atoms with Gasteiger partial charge in [-0.3, -0.25) is 14.6 Å². The molecule has 1 unspecified atom stereocenters. The number of carbonyl (C=O) groups is 1. The molecule has 7 heteroatoms. The Morgan fingerprint density at radius 1 is 1.08 bits per heavy atom. The van der Waals surface area contributed by atoms with E-state index in [0.29, 0.717) is 26.2 Å². The summed E-state index contributed by atoms with van der Waals surface area (Å²) in [5, 5.41) is 13.0. The van der Waals surface area contributed by atoms with Crippen LogP contribution in [0.1, 0.15) is 13.8 Å². The van der Waals surface area contributed by atoms with Crippen LogP contribution >= 0.6 is 0 Å². The summed E-state index contributed by atoms with van der Waals surface area (Å²) in [4.78, 5) is 16.0. The number of nitrogens with zero attached hydrogens (tertiary/aromatic N) is 2. The highest BCUT2D eigenvalue weighted by Gasteiger charge is 2.20. The van der Waals surface area contributed by atoms with Crippen LogP contribution in [0.15, 0.2) is 24.3 Å². The molecule has 0 bridgehead atoms. The molecule has 1 aromatic carbocycles. The normalized spacial score (nSPS) is 16.9. The molecule has 1 atom stereocenters. The Bertz CT molecular complexity index is 530. The maximum atomic E-state index is 11.6. The number of nitrogens with one attached hydrogen (secondary N) is 1. The van der Waals surface area contributed by atoms with Crippen molar-refractivity contribution in [1.29, 1.82) is 0 Å². The van der Waals surface area contributed by atoms with Crippen molar-refractivity contribution >= 4 is 5.91 Å². The molecule has 0 radical (unpaired) electrons. The van der Waals surface area contributed by atoms with Crippen LogP contribution in [0, 0.1) is 0 Å². The lowest BCUT2D eigenvalue weighted by atomic mass is 10.2. The minimum atomic E-state index is -0.545. The molecule has 7 nitrogen and oxygen atoms in total. The second-order valence-electron chi connectivity index (χ2n) is 6.40. The predicted octanol–water partition coefficient (Wildman–Crippen LogP) is 0.579. The van der Waals surface area contributed by atoms with Crippen LogP contribution in [0.4, 0.5) is 0 Å². The number of carbonyl (C=O) groups excluding carboxylic acids is 1. The lowest BCUT2D eigenvalue weighted by molar-refractivity contribution is -0.122. The first-order valence-electron chi connectivity index (χ1n) is 9.35. The number of β-amino-alcohol motifs (C(OH)–C–C–N with tert-alkyl or cyclic N) is 1. The van der Waals surface area contributed by atoms with Crippen molar-refractivity contribution in [3.63, 3.8) is 0 Å². The molecule has 1 saturated heterocycles.